The lowest BCUT2D eigenvalue weighted by atomic mass is 9.91. The summed E-state index contributed by atoms with van der Waals surface area (Å²) in [4.78, 5) is 25.6. The standard InChI is InChI=1S/C21H20O4S/c1-3-24-18(22)13-26-14(2)19-20(23)16-11-7-8-12-17(16)25-21(19)15-9-5-4-6-10-15/h4-12,21H,3,13H2,1-2H3/b19-14+. The third kappa shape index (κ3) is 3.83. The molecule has 0 saturated heterocycles. The Kier molecular flexibility index (Phi) is 5.78. The second-order valence-corrected chi connectivity index (χ2v) is 6.99. The zero-order valence-corrected chi connectivity index (χ0v) is 15.5. The highest BCUT2D eigenvalue weighted by Crippen LogP contribution is 2.41. The Morgan fingerprint density at radius 2 is 1.81 bits per heavy atom. The van der Waals surface area contributed by atoms with E-state index in [2.05, 4.69) is 0 Å². The average Bonchev–Trinajstić information content (AvgIpc) is 2.67. The fraction of sp³-hybridized carbons (Fsp3) is 0.238. The van der Waals surface area contributed by atoms with Crippen molar-refractivity contribution < 1.29 is 19.1 Å². The van der Waals surface area contributed by atoms with Crippen molar-refractivity contribution in [1.29, 1.82) is 0 Å². The first-order chi connectivity index (χ1) is 12.6. The van der Waals surface area contributed by atoms with Crippen molar-refractivity contribution in [1.82, 2.24) is 0 Å². The van der Waals surface area contributed by atoms with Crippen molar-refractivity contribution in [3.8, 4) is 5.75 Å². The van der Waals surface area contributed by atoms with E-state index >= 15 is 0 Å². The number of ether oxygens (including phenoxy) is 2. The number of para-hydroxylation sites is 1. The van der Waals surface area contributed by atoms with Gasteiger partial charge in [0.05, 0.1) is 23.5 Å². The fourth-order valence-corrected chi connectivity index (χ4v) is 3.63. The Bertz CT molecular complexity index is 842. The largest absolute Gasteiger partial charge is 0.480 e. The molecule has 134 valence electrons. The van der Waals surface area contributed by atoms with Gasteiger partial charge >= 0.3 is 5.97 Å². The second-order valence-electron chi connectivity index (χ2n) is 5.80. The molecular weight excluding hydrogens is 348 g/mol. The highest BCUT2D eigenvalue weighted by Gasteiger charge is 2.34. The number of rotatable bonds is 5. The summed E-state index contributed by atoms with van der Waals surface area (Å²) in [7, 11) is 0. The van der Waals surface area contributed by atoms with Crippen LogP contribution in [0.1, 0.15) is 35.9 Å². The van der Waals surface area contributed by atoms with Gasteiger partial charge in [0.25, 0.3) is 0 Å². The molecule has 0 aliphatic carbocycles. The summed E-state index contributed by atoms with van der Waals surface area (Å²) in [5.74, 6) is 0.394. The second kappa shape index (κ2) is 8.23. The molecule has 0 aromatic heterocycles. The van der Waals surface area contributed by atoms with E-state index in [-0.39, 0.29) is 17.5 Å². The summed E-state index contributed by atoms with van der Waals surface area (Å²) >= 11 is 1.31. The van der Waals surface area contributed by atoms with Crippen LogP contribution >= 0.6 is 11.8 Å². The number of fused-ring (bicyclic) bond motifs is 1. The molecular formula is C21H20O4S. The number of benzene rings is 2. The van der Waals surface area contributed by atoms with Gasteiger partial charge < -0.3 is 9.47 Å². The van der Waals surface area contributed by atoms with Crippen molar-refractivity contribution >= 4 is 23.5 Å². The Balaban J connectivity index is 1.99. The van der Waals surface area contributed by atoms with E-state index in [1.165, 1.54) is 11.8 Å². The van der Waals surface area contributed by atoms with Gasteiger partial charge in [-0.3, -0.25) is 9.59 Å². The highest BCUT2D eigenvalue weighted by molar-refractivity contribution is 8.03. The topological polar surface area (TPSA) is 52.6 Å². The maximum absolute atomic E-state index is 13.1. The van der Waals surface area contributed by atoms with E-state index in [0.717, 1.165) is 10.5 Å². The molecule has 3 rings (SSSR count). The number of hydrogen-bond donors (Lipinski definition) is 0. The SMILES string of the molecule is CCOC(=O)CS/C(C)=C1\C(=O)c2ccccc2OC1c1ccccc1. The van der Waals surface area contributed by atoms with Gasteiger partial charge in [0.15, 0.2) is 11.9 Å². The summed E-state index contributed by atoms with van der Waals surface area (Å²) in [5, 5.41) is 0. The molecule has 0 bridgehead atoms. The first-order valence-electron chi connectivity index (χ1n) is 8.46. The van der Waals surface area contributed by atoms with Crippen LogP contribution in [0.5, 0.6) is 5.75 Å². The number of carbonyl (C=O) groups is 2. The third-order valence-electron chi connectivity index (χ3n) is 4.08. The van der Waals surface area contributed by atoms with Crippen molar-refractivity contribution in [2.24, 2.45) is 0 Å². The average molecular weight is 368 g/mol. The summed E-state index contributed by atoms with van der Waals surface area (Å²) in [6.45, 7) is 3.97. The molecule has 0 N–H and O–H groups in total. The number of Topliss-reactive ketones (excluding diaryl/α,β-unsaturated/α-hetero) is 1. The highest BCUT2D eigenvalue weighted by atomic mass is 32.2. The van der Waals surface area contributed by atoms with E-state index in [4.69, 9.17) is 9.47 Å². The minimum absolute atomic E-state index is 0.0606. The van der Waals surface area contributed by atoms with E-state index in [9.17, 15) is 9.59 Å². The number of esters is 1. The molecule has 1 unspecified atom stereocenters. The van der Waals surface area contributed by atoms with Crippen LogP contribution in [0.4, 0.5) is 0 Å². The minimum Gasteiger partial charge on any atom is -0.480 e. The molecule has 5 heteroatoms. The third-order valence-corrected chi connectivity index (χ3v) is 5.11. The zero-order valence-electron chi connectivity index (χ0n) is 14.7. The van der Waals surface area contributed by atoms with Crippen LogP contribution in [0.25, 0.3) is 0 Å². The van der Waals surface area contributed by atoms with E-state index < -0.39 is 6.10 Å². The smallest absolute Gasteiger partial charge is 0.316 e. The monoisotopic (exact) mass is 368 g/mol. The van der Waals surface area contributed by atoms with Crippen LogP contribution in [0, 0.1) is 0 Å². The van der Waals surface area contributed by atoms with Gasteiger partial charge in [0.2, 0.25) is 0 Å². The summed E-state index contributed by atoms with van der Waals surface area (Å²) in [5.41, 5.74) is 2.02. The fourth-order valence-electron chi connectivity index (χ4n) is 2.86. The van der Waals surface area contributed by atoms with Crippen LogP contribution in [0.3, 0.4) is 0 Å². The van der Waals surface area contributed by atoms with E-state index in [1.54, 1.807) is 19.1 Å². The molecule has 0 radical (unpaired) electrons. The maximum Gasteiger partial charge on any atom is 0.316 e. The number of thioether (sulfide) groups is 1. The van der Waals surface area contributed by atoms with E-state index in [1.807, 2.05) is 49.4 Å². The van der Waals surface area contributed by atoms with Gasteiger partial charge in [-0.05, 0) is 36.4 Å². The van der Waals surface area contributed by atoms with Crippen LogP contribution in [-0.2, 0) is 9.53 Å². The van der Waals surface area contributed by atoms with Gasteiger partial charge in [0.1, 0.15) is 5.75 Å². The molecule has 1 atom stereocenters. The van der Waals surface area contributed by atoms with Crippen molar-refractivity contribution in [3.05, 3.63) is 76.2 Å². The lowest BCUT2D eigenvalue weighted by Crippen LogP contribution is -2.25. The van der Waals surface area contributed by atoms with Gasteiger partial charge in [0, 0.05) is 0 Å². The van der Waals surface area contributed by atoms with Crippen LogP contribution in [-0.4, -0.2) is 24.1 Å². The predicted octanol–water partition coefficient (Wildman–Crippen LogP) is 4.57. The van der Waals surface area contributed by atoms with Crippen LogP contribution < -0.4 is 4.74 Å². The number of ketones is 1. The van der Waals surface area contributed by atoms with Gasteiger partial charge in [-0.2, -0.15) is 0 Å². The molecule has 0 spiro atoms. The Hall–Kier alpha value is -2.53. The summed E-state index contributed by atoms with van der Waals surface area (Å²) < 4.78 is 11.1. The number of hydrogen-bond acceptors (Lipinski definition) is 5. The van der Waals surface area contributed by atoms with Crippen LogP contribution in [0.15, 0.2) is 65.1 Å². The Labute approximate surface area is 157 Å². The molecule has 1 heterocycles. The molecule has 2 aromatic rings. The normalized spacial score (nSPS) is 17.9. The first-order valence-corrected chi connectivity index (χ1v) is 9.45. The quantitative estimate of drug-likeness (QED) is 0.571. The molecule has 0 fully saturated rings. The Morgan fingerprint density at radius 3 is 2.54 bits per heavy atom. The lowest BCUT2D eigenvalue weighted by molar-refractivity contribution is -0.139. The molecule has 1 aliphatic rings. The maximum atomic E-state index is 13.1. The van der Waals surface area contributed by atoms with Gasteiger partial charge in [-0.15, -0.1) is 11.8 Å². The lowest BCUT2D eigenvalue weighted by Gasteiger charge is -2.29. The van der Waals surface area contributed by atoms with Crippen molar-refractivity contribution in [2.75, 3.05) is 12.4 Å². The predicted molar refractivity (Wildman–Crippen MR) is 102 cm³/mol. The molecule has 1 aliphatic heterocycles. The van der Waals surface area contributed by atoms with Crippen LogP contribution in [0.2, 0.25) is 0 Å². The Morgan fingerprint density at radius 1 is 1.12 bits per heavy atom. The zero-order chi connectivity index (χ0) is 18.5. The number of carbonyl (C=O) groups excluding carboxylic acids is 2. The number of allylic oxidation sites excluding steroid dienone is 1. The van der Waals surface area contributed by atoms with Crippen molar-refractivity contribution in [3.63, 3.8) is 0 Å². The molecule has 26 heavy (non-hydrogen) atoms. The minimum atomic E-state index is -0.492. The van der Waals surface area contributed by atoms with E-state index in [0.29, 0.717) is 23.5 Å². The van der Waals surface area contributed by atoms with Gasteiger partial charge in [-0.1, -0.05) is 42.5 Å². The molecule has 0 saturated carbocycles. The molecule has 2 aromatic carbocycles. The van der Waals surface area contributed by atoms with Gasteiger partial charge in [-0.25, -0.2) is 0 Å². The molecule has 0 amide bonds. The molecule has 4 nitrogen and oxygen atoms in total. The first kappa shape index (κ1) is 18.3. The van der Waals surface area contributed by atoms with Crippen molar-refractivity contribution in [2.45, 2.75) is 20.0 Å². The summed E-state index contributed by atoms with van der Waals surface area (Å²) in [6, 6.07) is 16.9. The summed E-state index contributed by atoms with van der Waals surface area (Å²) in [6.07, 6.45) is -0.492.